The molecule has 3 nitrogen and oxygen atoms in total. The summed E-state index contributed by atoms with van der Waals surface area (Å²) in [6.07, 6.45) is -0.157. The minimum Gasteiger partial charge on any atom is -0.373 e. The van der Waals surface area contributed by atoms with E-state index in [0.717, 1.165) is 11.3 Å². The largest absolute Gasteiger partial charge is 0.373 e. The molecule has 1 aromatic rings. The van der Waals surface area contributed by atoms with Crippen LogP contribution in [0.25, 0.3) is 0 Å². The van der Waals surface area contributed by atoms with Crippen molar-refractivity contribution in [3.05, 3.63) is 22.2 Å². The van der Waals surface area contributed by atoms with E-state index < -0.39 is 0 Å². The van der Waals surface area contributed by atoms with Crippen molar-refractivity contribution in [3.8, 4) is 0 Å². The highest BCUT2D eigenvalue weighted by atomic mass is 35.5. The standard InChI is InChI=1S/C14H23ClN2O/c1-8(2)10-9(3)16-13(17-12(10)15)11(18-7)14(4,5)6/h8,11H,1-7H3. The zero-order valence-electron chi connectivity index (χ0n) is 12.3. The molecule has 0 spiro atoms. The van der Waals surface area contributed by atoms with Crippen molar-refractivity contribution in [2.75, 3.05) is 7.11 Å². The molecule has 0 bridgehead atoms. The average molecular weight is 271 g/mol. The van der Waals surface area contributed by atoms with Gasteiger partial charge in [0.15, 0.2) is 5.82 Å². The van der Waals surface area contributed by atoms with Gasteiger partial charge in [-0.1, -0.05) is 46.2 Å². The Morgan fingerprint density at radius 3 is 2.06 bits per heavy atom. The van der Waals surface area contributed by atoms with Crippen molar-refractivity contribution in [3.63, 3.8) is 0 Å². The summed E-state index contributed by atoms with van der Waals surface area (Å²) in [4.78, 5) is 8.99. The molecule has 0 aromatic carbocycles. The third-order valence-electron chi connectivity index (χ3n) is 2.94. The lowest BCUT2D eigenvalue weighted by molar-refractivity contribution is 0.00851. The molecule has 1 aromatic heterocycles. The maximum Gasteiger partial charge on any atom is 0.159 e. The Bertz CT molecular complexity index is 401. The first-order valence-corrected chi connectivity index (χ1v) is 6.63. The van der Waals surface area contributed by atoms with Gasteiger partial charge in [-0.15, -0.1) is 0 Å². The minimum atomic E-state index is -0.157. The first kappa shape index (κ1) is 15.4. The molecule has 0 aliphatic carbocycles. The number of aromatic nitrogens is 2. The van der Waals surface area contributed by atoms with E-state index in [2.05, 4.69) is 44.6 Å². The molecule has 0 aliphatic heterocycles. The molecule has 0 fully saturated rings. The second-order valence-electron chi connectivity index (χ2n) is 6.01. The molecule has 1 atom stereocenters. The summed E-state index contributed by atoms with van der Waals surface area (Å²) in [7, 11) is 1.68. The van der Waals surface area contributed by atoms with Crippen LogP contribution in [-0.4, -0.2) is 17.1 Å². The Labute approximate surface area is 115 Å². The van der Waals surface area contributed by atoms with Crippen LogP contribution in [0.15, 0.2) is 0 Å². The van der Waals surface area contributed by atoms with Gasteiger partial charge in [0.25, 0.3) is 0 Å². The summed E-state index contributed by atoms with van der Waals surface area (Å²) in [6.45, 7) is 12.5. The van der Waals surface area contributed by atoms with Gasteiger partial charge < -0.3 is 4.74 Å². The third kappa shape index (κ3) is 3.21. The smallest absolute Gasteiger partial charge is 0.159 e. The second kappa shape index (κ2) is 5.54. The first-order valence-electron chi connectivity index (χ1n) is 6.25. The minimum absolute atomic E-state index is 0.0656. The number of nitrogens with zero attached hydrogens (tertiary/aromatic N) is 2. The summed E-state index contributed by atoms with van der Waals surface area (Å²) in [5, 5.41) is 0.541. The highest BCUT2D eigenvalue weighted by Crippen LogP contribution is 2.35. The van der Waals surface area contributed by atoms with Crippen LogP contribution in [0.3, 0.4) is 0 Å². The van der Waals surface area contributed by atoms with E-state index in [1.54, 1.807) is 7.11 Å². The lowest BCUT2D eigenvalue weighted by atomic mass is 9.88. The van der Waals surface area contributed by atoms with E-state index in [1.165, 1.54) is 0 Å². The van der Waals surface area contributed by atoms with Crippen LogP contribution in [0.5, 0.6) is 0 Å². The highest BCUT2D eigenvalue weighted by Gasteiger charge is 2.30. The molecular weight excluding hydrogens is 248 g/mol. The zero-order chi connectivity index (χ0) is 14.1. The molecule has 0 radical (unpaired) electrons. The fourth-order valence-electron chi connectivity index (χ4n) is 2.19. The number of hydrogen-bond acceptors (Lipinski definition) is 3. The maximum absolute atomic E-state index is 6.27. The van der Waals surface area contributed by atoms with Crippen molar-refractivity contribution in [2.24, 2.45) is 5.41 Å². The Morgan fingerprint density at radius 1 is 1.17 bits per heavy atom. The fourth-order valence-corrected chi connectivity index (χ4v) is 2.63. The van der Waals surface area contributed by atoms with Crippen LogP contribution < -0.4 is 0 Å². The number of hydrogen-bond donors (Lipinski definition) is 0. The molecule has 1 unspecified atom stereocenters. The van der Waals surface area contributed by atoms with E-state index in [0.29, 0.717) is 16.9 Å². The predicted molar refractivity (Wildman–Crippen MR) is 75.1 cm³/mol. The molecule has 0 N–H and O–H groups in total. The third-order valence-corrected chi connectivity index (χ3v) is 3.23. The Kier molecular flexibility index (Phi) is 4.73. The summed E-state index contributed by atoms with van der Waals surface area (Å²) in [6, 6.07) is 0. The van der Waals surface area contributed by atoms with Crippen molar-refractivity contribution in [1.29, 1.82) is 0 Å². The van der Waals surface area contributed by atoms with Crippen LogP contribution in [-0.2, 0) is 4.74 Å². The number of rotatable bonds is 3. The van der Waals surface area contributed by atoms with Crippen molar-refractivity contribution in [1.82, 2.24) is 9.97 Å². The number of ether oxygens (including phenoxy) is 1. The SMILES string of the molecule is COC(c1nc(C)c(C(C)C)c(Cl)n1)C(C)(C)C. The van der Waals surface area contributed by atoms with Crippen molar-refractivity contribution in [2.45, 2.75) is 53.6 Å². The summed E-state index contributed by atoms with van der Waals surface area (Å²) < 4.78 is 5.53. The van der Waals surface area contributed by atoms with Gasteiger partial charge in [0.2, 0.25) is 0 Å². The Balaban J connectivity index is 3.29. The molecule has 4 heteroatoms. The van der Waals surface area contributed by atoms with E-state index in [1.807, 2.05) is 6.92 Å². The zero-order valence-corrected chi connectivity index (χ0v) is 13.1. The first-order chi connectivity index (χ1) is 8.18. The Hall–Kier alpha value is -0.670. The van der Waals surface area contributed by atoms with Crippen LogP contribution in [0.4, 0.5) is 0 Å². The van der Waals surface area contributed by atoms with Crippen LogP contribution >= 0.6 is 11.6 Å². The summed E-state index contributed by atoms with van der Waals surface area (Å²) in [5.74, 6) is 0.985. The lowest BCUT2D eigenvalue weighted by Gasteiger charge is -2.28. The van der Waals surface area contributed by atoms with Crippen LogP contribution in [0, 0.1) is 12.3 Å². The molecule has 0 aliphatic rings. The van der Waals surface area contributed by atoms with Gasteiger partial charge in [0.1, 0.15) is 11.3 Å². The van der Waals surface area contributed by atoms with Crippen molar-refractivity contribution >= 4 is 11.6 Å². The number of halogens is 1. The molecule has 0 amide bonds. The predicted octanol–water partition coefficient (Wildman–Crippen LogP) is 4.30. The van der Waals surface area contributed by atoms with E-state index in [-0.39, 0.29) is 11.5 Å². The van der Waals surface area contributed by atoms with Gasteiger partial charge in [0, 0.05) is 18.4 Å². The molecule has 1 heterocycles. The quantitative estimate of drug-likeness (QED) is 0.769. The van der Waals surface area contributed by atoms with Gasteiger partial charge in [0.05, 0.1) is 0 Å². The molecule has 102 valence electrons. The number of methoxy groups -OCH3 is 1. The number of aryl methyl sites for hydroxylation is 1. The van der Waals surface area contributed by atoms with Crippen LogP contribution in [0.2, 0.25) is 5.15 Å². The molecular formula is C14H23ClN2O. The van der Waals surface area contributed by atoms with Crippen LogP contribution in [0.1, 0.15) is 63.7 Å². The second-order valence-corrected chi connectivity index (χ2v) is 6.37. The normalized spacial score (nSPS) is 14.1. The highest BCUT2D eigenvalue weighted by molar-refractivity contribution is 6.30. The topological polar surface area (TPSA) is 35.0 Å². The Morgan fingerprint density at radius 2 is 1.72 bits per heavy atom. The van der Waals surface area contributed by atoms with Gasteiger partial charge in [-0.2, -0.15) is 0 Å². The average Bonchev–Trinajstić information content (AvgIpc) is 2.13. The summed E-state index contributed by atoms with van der Waals surface area (Å²) in [5.41, 5.74) is 1.89. The fraction of sp³-hybridized carbons (Fsp3) is 0.714. The van der Waals surface area contributed by atoms with E-state index >= 15 is 0 Å². The van der Waals surface area contributed by atoms with Gasteiger partial charge >= 0.3 is 0 Å². The van der Waals surface area contributed by atoms with E-state index in [9.17, 15) is 0 Å². The van der Waals surface area contributed by atoms with Gasteiger partial charge in [-0.05, 0) is 18.3 Å². The molecule has 0 saturated carbocycles. The maximum atomic E-state index is 6.27. The van der Waals surface area contributed by atoms with Gasteiger partial charge in [-0.25, -0.2) is 9.97 Å². The summed E-state index contributed by atoms with van der Waals surface area (Å²) >= 11 is 6.27. The van der Waals surface area contributed by atoms with Crippen molar-refractivity contribution < 1.29 is 4.74 Å². The molecule has 18 heavy (non-hydrogen) atoms. The monoisotopic (exact) mass is 270 g/mol. The van der Waals surface area contributed by atoms with Gasteiger partial charge in [-0.3, -0.25) is 0 Å². The molecule has 0 saturated heterocycles. The van der Waals surface area contributed by atoms with E-state index in [4.69, 9.17) is 16.3 Å². The lowest BCUT2D eigenvalue weighted by Crippen LogP contribution is -2.23. The molecule has 1 rings (SSSR count).